The van der Waals surface area contributed by atoms with Crippen LogP contribution in [0.15, 0.2) is 0 Å². The van der Waals surface area contributed by atoms with Crippen LogP contribution in [0, 0.1) is 0 Å². The number of hydrazine groups is 1. The maximum atomic E-state index is 10.3. The predicted octanol–water partition coefficient (Wildman–Crippen LogP) is -0.940. The molecule has 0 saturated carbocycles. The number of thiol groups is 1. The van der Waals surface area contributed by atoms with E-state index in [1.54, 1.807) is 0 Å². The molecule has 4 nitrogen and oxygen atoms in total. The minimum absolute atomic E-state index is 0.0224. The van der Waals surface area contributed by atoms with E-state index in [-0.39, 0.29) is 12.2 Å². The number of urea groups is 1. The minimum atomic E-state index is -0.191. The topological polar surface area (TPSA) is 53.2 Å². The molecule has 1 heterocycles. The summed E-state index contributed by atoms with van der Waals surface area (Å²) in [6.45, 7) is 0. The van der Waals surface area contributed by atoms with Gasteiger partial charge < -0.3 is 5.32 Å². The van der Waals surface area contributed by atoms with E-state index in [1.165, 1.54) is 0 Å². The van der Waals surface area contributed by atoms with Gasteiger partial charge in [-0.25, -0.2) is 10.2 Å². The fraction of sp³-hybridized carbons (Fsp3) is 0.667. The first-order chi connectivity index (χ1) is 3.83. The van der Waals surface area contributed by atoms with Gasteiger partial charge in [-0.15, -0.1) is 0 Å². The summed E-state index contributed by atoms with van der Waals surface area (Å²) in [5.41, 5.74) is 5.04. The summed E-state index contributed by atoms with van der Waals surface area (Å²) in [7, 11) is 0. The molecule has 46 valence electrons. The third-order valence-corrected chi connectivity index (χ3v) is 1.21. The fourth-order valence-corrected chi connectivity index (χ4v) is 0.657. The Hall–Kier alpha value is -0.420. The second-order valence-electron chi connectivity index (χ2n) is 1.48. The second kappa shape index (κ2) is 2.23. The lowest BCUT2D eigenvalue weighted by atomic mass is 10.6. The van der Waals surface area contributed by atoms with Gasteiger partial charge in [-0.3, -0.25) is 5.43 Å². The van der Waals surface area contributed by atoms with Crippen molar-refractivity contribution >= 4 is 18.7 Å². The summed E-state index contributed by atoms with van der Waals surface area (Å²) in [6.07, 6.45) is -0.0224. The van der Waals surface area contributed by atoms with E-state index in [2.05, 4.69) is 28.8 Å². The molecule has 2 amide bonds. The van der Waals surface area contributed by atoms with E-state index < -0.39 is 0 Å². The zero-order valence-electron chi connectivity index (χ0n) is 4.14. The first kappa shape index (κ1) is 5.71. The van der Waals surface area contributed by atoms with Crippen LogP contribution in [0.1, 0.15) is 0 Å². The largest absolute Gasteiger partial charge is 0.330 e. The van der Waals surface area contributed by atoms with E-state index in [4.69, 9.17) is 0 Å². The zero-order valence-corrected chi connectivity index (χ0v) is 5.03. The van der Waals surface area contributed by atoms with E-state index in [0.717, 1.165) is 0 Å². The maximum absolute atomic E-state index is 10.3. The van der Waals surface area contributed by atoms with Crippen molar-refractivity contribution in [3.8, 4) is 0 Å². The van der Waals surface area contributed by atoms with Gasteiger partial charge in [0.1, 0.15) is 6.17 Å². The lowest BCUT2D eigenvalue weighted by Crippen LogP contribution is -2.34. The van der Waals surface area contributed by atoms with Crippen molar-refractivity contribution in [1.82, 2.24) is 16.2 Å². The normalized spacial score (nSPS) is 27.1. The molecule has 1 aliphatic heterocycles. The monoisotopic (exact) mass is 133 g/mol. The van der Waals surface area contributed by atoms with Gasteiger partial charge in [-0.05, 0) is 0 Å². The number of amides is 2. The van der Waals surface area contributed by atoms with Crippen LogP contribution in [0.5, 0.6) is 0 Å². The molecule has 0 bridgehead atoms. The van der Waals surface area contributed by atoms with Crippen LogP contribution in [0.3, 0.4) is 0 Å². The summed E-state index contributed by atoms with van der Waals surface area (Å²) in [5, 5.41) is 2.57. The number of carbonyl (C=O) groups is 1. The molecular formula is C3H7N3OS. The van der Waals surface area contributed by atoms with Crippen molar-refractivity contribution in [3.05, 3.63) is 0 Å². The summed E-state index contributed by atoms with van der Waals surface area (Å²) >= 11 is 3.94. The van der Waals surface area contributed by atoms with Gasteiger partial charge >= 0.3 is 6.03 Å². The highest BCUT2D eigenvalue weighted by Crippen LogP contribution is 1.85. The lowest BCUT2D eigenvalue weighted by Gasteiger charge is -2.00. The van der Waals surface area contributed by atoms with Crippen LogP contribution in [0.2, 0.25) is 0 Å². The Morgan fingerprint density at radius 2 is 2.50 bits per heavy atom. The Kier molecular flexibility index (Phi) is 1.59. The molecule has 1 atom stereocenters. The van der Waals surface area contributed by atoms with Crippen LogP contribution in [0.25, 0.3) is 0 Å². The smallest absolute Gasteiger partial charge is 0.319 e. The first-order valence-electron chi connectivity index (χ1n) is 2.26. The van der Waals surface area contributed by atoms with Crippen molar-refractivity contribution in [2.24, 2.45) is 0 Å². The van der Waals surface area contributed by atoms with Crippen LogP contribution in [0.4, 0.5) is 4.79 Å². The molecule has 0 spiro atoms. The van der Waals surface area contributed by atoms with E-state index >= 15 is 0 Å². The minimum Gasteiger partial charge on any atom is -0.319 e. The highest BCUT2D eigenvalue weighted by Gasteiger charge is 2.16. The summed E-state index contributed by atoms with van der Waals surface area (Å²) in [5.74, 6) is 0.596. The van der Waals surface area contributed by atoms with Crippen molar-refractivity contribution in [1.29, 1.82) is 0 Å². The Labute approximate surface area is 52.4 Å². The molecule has 1 fully saturated rings. The number of rotatable bonds is 1. The van der Waals surface area contributed by atoms with Crippen molar-refractivity contribution in [2.75, 3.05) is 5.75 Å². The first-order valence-corrected chi connectivity index (χ1v) is 2.89. The van der Waals surface area contributed by atoms with Crippen LogP contribution in [-0.4, -0.2) is 17.9 Å². The molecule has 1 rings (SSSR count). The summed E-state index contributed by atoms with van der Waals surface area (Å²) in [4.78, 5) is 10.3. The molecule has 0 aromatic heterocycles. The molecule has 0 aliphatic carbocycles. The average molecular weight is 133 g/mol. The molecule has 1 saturated heterocycles. The Bertz CT molecular complexity index is 107. The Morgan fingerprint density at radius 1 is 1.75 bits per heavy atom. The summed E-state index contributed by atoms with van der Waals surface area (Å²) in [6, 6.07) is -0.191. The molecular weight excluding hydrogens is 126 g/mol. The highest BCUT2D eigenvalue weighted by molar-refractivity contribution is 7.80. The molecule has 0 aromatic carbocycles. The lowest BCUT2D eigenvalue weighted by molar-refractivity contribution is 0.247. The molecule has 8 heavy (non-hydrogen) atoms. The summed E-state index contributed by atoms with van der Waals surface area (Å²) < 4.78 is 0. The number of hydrogen-bond donors (Lipinski definition) is 4. The molecule has 0 aromatic rings. The average Bonchev–Trinajstić information content (AvgIpc) is 2.14. The molecule has 3 N–H and O–H groups in total. The highest BCUT2D eigenvalue weighted by atomic mass is 32.1. The molecule has 1 unspecified atom stereocenters. The number of hydrogen-bond acceptors (Lipinski definition) is 3. The third-order valence-electron chi connectivity index (χ3n) is 0.848. The molecule has 0 radical (unpaired) electrons. The number of carbonyl (C=O) groups excluding carboxylic acids is 1. The van der Waals surface area contributed by atoms with E-state index in [9.17, 15) is 4.79 Å². The third kappa shape index (κ3) is 1.05. The quantitative estimate of drug-likeness (QED) is 0.349. The van der Waals surface area contributed by atoms with Crippen LogP contribution >= 0.6 is 12.6 Å². The molecule has 1 aliphatic rings. The van der Waals surface area contributed by atoms with Gasteiger partial charge in [0.2, 0.25) is 0 Å². The van der Waals surface area contributed by atoms with Crippen LogP contribution < -0.4 is 16.2 Å². The fourth-order valence-electron chi connectivity index (χ4n) is 0.474. The maximum Gasteiger partial charge on any atom is 0.330 e. The van der Waals surface area contributed by atoms with Gasteiger partial charge in [0.05, 0.1) is 0 Å². The Balaban J connectivity index is 2.32. The van der Waals surface area contributed by atoms with E-state index in [1.807, 2.05) is 0 Å². The van der Waals surface area contributed by atoms with Gasteiger partial charge in [0, 0.05) is 5.75 Å². The van der Waals surface area contributed by atoms with Gasteiger partial charge in [-0.2, -0.15) is 12.6 Å². The number of nitrogens with one attached hydrogen (secondary N) is 3. The van der Waals surface area contributed by atoms with Crippen molar-refractivity contribution in [3.63, 3.8) is 0 Å². The van der Waals surface area contributed by atoms with E-state index in [0.29, 0.717) is 5.75 Å². The van der Waals surface area contributed by atoms with Crippen LogP contribution in [-0.2, 0) is 0 Å². The van der Waals surface area contributed by atoms with Gasteiger partial charge in [0.15, 0.2) is 0 Å². The van der Waals surface area contributed by atoms with Gasteiger partial charge in [0.25, 0.3) is 0 Å². The SMILES string of the molecule is O=C1NNC(CS)N1. The van der Waals surface area contributed by atoms with Crippen molar-refractivity contribution in [2.45, 2.75) is 6.17 Å². The van der Waals surface area contributed by atoms with Crippen molar-refractivity contribution < 1.29 is 4.79 Å². The molecule has 5 heteroatoms. The zero-order chi connectivity index (χ0) is 5.98. The predicted molar refractivity (Wildman–Crippen MR) is 32.4 cm³/mol. The second-order valence-corrected chi connectivity index (χ2v) is 1.84. The Morgan fingerprint density at radius 3 is 2.75 bits per heavy atom. The van der Waals surface area contributed by atoms with Gasteiger partial charge in [-0.1, -0.05) is 0 Å². The standard InChI is InChI=1S/C3H7N3OS/c7-3-4-2(1-8)5-6-3/h2,5,8H,1H2,(H2,4,6,7).